The van der Waals surface area contributed by atoms with Crippen LogP contribution in [0.5, 0.6) is 0 Å². The molecule has 0 atom stereocenters. The van der Waals surface area contributed by atoms with E-state index in [1.807, 2.05) is 0 Å². The van der Waals surface area contributed by atoms with E-state index in [9.17, 15) is 0 Å². The molecule has 2 aliphatic rings. The summed E-state index contributed by atoms with van der Waals surface area (Å²) in [7, 11) is 0. The van der Waals surface area contributed by atoms with Gasteiger partial charge in [-0.3, -0.25) is 4.99 Å². The summed E-state index contributed by atoms with van der Waals surface area (Å²) in [6.07, 6.45) is 6.87. The molecule has 0 aliphatic heterocycles. The van der Waals surface area contributed by atoms with Crippen molar-refractivity contribution in [1.82, 2.24) is 0 Å². The minimum absolute atomic E-state index is 0.496. The molecule has 2 aliphatic carbocycles. The molecule has 1 aromatic rings. The molecule has 2 saturated carbocycles. The Morgan fingerprint density at radius 3 is 2.60 bits per heavy atom. The van der Waals surface area contributed by atoms with E-state index in [0.29, 0.717) is 11.4 Å². The number of nitrogens with one attached hydrogen (secondary N) is 1. The second-order valence-corrected chi connectivity index (χ2v) is 6.62. The molecule has 3 nitrogen and oxygen atoms in total. The molecule has 20 heavy (non-hydrogen) atoms. The maximum absolute atomic E-state index is 6.04. The van der Waals surface area contributed by atoms with Gasteiger partial charge in [-0.05, 0) is 74.1 Å². The molecule has 1 aromatic carbocycles. The van der Waals surface area contributed by atoms with Crippen LogP contribution in [0.1, 0.15) is 43.2 Å². The molecule has 3 N–H and O–H groups in total. The van der Waals surface area contributed by atoms with Gasteiger partial charge < -0.3 is 11.1 Å². The van der Waals surface area contributed by atoms with Crippen LogP contribution in [-0.2, 0) is 0 Å². The molecule has 108 valence electrons. The summed E-state index contributed by atoms with van der Waals surface area (Å²) in [5.41, 5.74) is 10.1. The third-order valence-electron chi connectivity index (χ3n) is 5.14. The summed E-state index contributed by atoms with van der Waals surface area (Å²) in [6.45, 7) is 5.14. The molecule has 0 heterocycles. The quantitative estimate of drug-likeness (QED) is 0.649. The molecule has 0 radical (unpaired) electrons. The van der Waals surface area contributed by atoms with Gasteiger partial charge in [0.25, 0.3) is 0 Å². The molecule has 0 amide bonds. The summed E-state index contributed by atoms with van der Waals surface area (Å²) in [4.78, 5) is 4.61. The van der Waals surface area contributed by atoms with Crippen molar-refractivity contribution in [3.05, 3.63) is 29.3 Å². The van der Waals surface area contributed by atoms with Gasteiger partial charge in [-0.1, -0.05) is 12.5 Å². The second kappa shape index (κ2) is 5.12. The van der Waals surface area contributed by atoms with Crippen LogP contribution in [0.2, 0.25) is 0 Å². The number of rotatable bonds is 4. The highest BCUT2D eigenvalue weighted by Gasteiger charge is 2.48. The highest BCUT2D eigenvalue weighted by molar-refractivity contribution is 5.92. The number of anilines is 1. The molecular weight excluding hydrogens is 246 g/mol. The van der Waals surface area contributed by atoms with Gasteiger partial charge in [-0.15, -0.1) is 0 Å². The number of nitrogens with zero attached hydrogens (tertiary/aromatic N) is 1. The fourth-order valence-electron chi connectivity index (χ4n) is 3.27. The van der Waals surface area contributed by atoms with Crippen LogP contribution in [0.4, 0.5) is 5.69 Å². The lowest BCUT2D eigenvalue weighted by Crippen LogP contribution is -2.36. The van der Waals surface area contributed by atoms with Crippen LogP contribution in [0, 0.1) is 25.2 Å². The maximum Gasteiger partial charge on any atom is 0.193 e. The standard InChI is InChI=1S/C17H25N3/c1-12-4-7-15(10-13(12)2)20-16(18)19-11-17(8-3-9-17)14-5-6-14/h4,7,10,14H,3,5-6,8-9,11H2,1-2H3,(H3,18,19,20). The average Bonchev–Trinajstić information content (AvgIpc) is 3.17. The molecule has 0 unspecified atom stereocenters. The van der Waals surface area contributed by atoms with Crippen molar-refractivity contribution in [2.45, 2.75) is 46.0 Å². The number of guanidine groups is 1. The van der Waals surface area contributed by atoms with E-state index >= 15 is 0 Å². The van der Waals surface area contributed by atoms with Gasteiger partial charge >= 0.3 is 0 Å². The SMILES string of the molecule is Cc1ccc(NC(N)=NCC2(C3CC3)CCC2)cc1C. The Morgan fingerprint density at radius 2 is 2.05 bits per heavy atom. The van der Waals surface area contributed by atoms with E-state index in [2.05, 4.69) is 42.4 Å². The third-order valence-corrected chi connectivity index (χ3v) is 5.14. The van der Waals surface area contributed by atoms with Crippen LogP contribution in [-0.4, -0.2) is 12.5 Å². The first-order valence-corrected chi connectivity index (χ1v) is 7.73. The lowest BCUT2D eigenvalue weighted by atomic mass is 9.65. The van der Waals surface area contributed by atoms with E-state index in [1.54, 1.807) is 0 Å². The first-order chi connectivity index (χ1) is 9.59. The summed E-state index contributed by atoms with van der Waals surface area (Å²) in [6, 6.07) is 6.30. The Labute approximate surface area is 121 Å². The summed E-state index contributed by atoms with van der Waals surface area (Å²) in [5, 5.41) is 3.22. The number of benzene rings is 1. The van der Waals surface area contributed by atoms with Crippen molar-refractivity contribution >= 4 is 11.6 Å². The number of aryl methyl sites for hydroxylation is 2. The van der Waals surface area contributed by atoms with Gasteiger partial charge in [0.05, 0.1) is 0 Å². The molecule has 0 saturated heterocycles. The zero-order valence-electron chi connectivity index (χ0n) is 12.6. The van der Waals surface area contributed by atoms with Crippen molar-refractivity contribution in [2.75, 3.05) is 11.9 Å². The van der Waals surface area contributed by atoms with E-state index < -0.39 is 0 Å². The number of nitrogens with two attached hydrogens (primary N) is 1. The third kappa shape index (κ3) is 2.67. The number of aliphatic imine (C=N–C) groups is 1. The van der Waals surface area contributed by atoms with Gasteiger partial charge in [-0.2, -0.15) is 0 Å². The van der Waals surface area contributed by atoms with Crippen molar-refractivity contribution in [2.24, 2.45) is 22.1 Å². The summed E-state index contributed by atoms with van der Waals surface area (Å²) in [5.74, 6) is 1.48. The van der Waals surface area contributed by atoms with E-state index in [-0.39, 0.29) is 0 Å². The zero-order chi connectivity index (χ0) is 14.2. The van der Waals surface area contributed by atoms with E-state index in [1.165, 1.54) is 43.2 Å². The molecule has 3 rings (SSSR count). The monoisotopic (exact) mass is 271 g/mol. The smallest absolute Gasteiger partial charge is 0.193 e. The fraction of sp³-hybridized carbons (Fsp3) is 0.588. The van der Waals surface area contributed by atoms with Crippen LogP contribution in [0.15, 0.2) is 23.2 Å². The first-order valence-electron chi connectivity index (χ1n) is 7.73. The minimum Gasteiger partial charge on any atom is -0.370 e. The highest BCUT2D eigenvalue weighted by atomic mass is 15.1. The lowest BCUT2D eigenvalue weighted by molar-refractivity contribution is 0.113. The van der Waals surface area contributed by atoms with Crippen molar-refractivity contribution in [1.29, 1.82) is 0 Å². The highest BCUT2D eigenvalue weighted by Crippen LogP contribution is 2.57. The Morgan fingerprint density at radius 1 is 1.30 bits per heavy atom. The number of hydrogen-bond acceptors (Lipinski definition) is 1. The Bertz CT molecular complexity index is 525. The molecule has 0 spiro atoms. The predicted molar refractivity (Wildman–Crippen MR) is 85.0 cm³/mol. The van der Waals surface area contributed by atoms with Crippen LogP contribution < -0.4 is 11.1 Å². The Hall–Kier alpha value is -1.51. The first kappa shape index (κ1) is 13.5. The van der Waals surface area contributed by atoms with Crippen molar-refractivity contribution in [3.8, 4) is 0 Å². The number of hydrogen-bond donors (Lipinski definition) is 2. The maximum atomic E-state index is 6.04. The van der Waals surface area contributed by atoms with Gasteiger partial charge in [0, 0.05) is 12.2 Å². The van der Waals surface area contributed by atoms with E-state index in [4.69, 9.17) is 5.73 Å². The summed E-state index contributed by atoms with van der Waals surface area (Å²) < 4.78 is 0. The lowest BCUT2D eigenvalue weighted by Gasteiger charge is -2.41. The molecule has 2 fully saturated rings. The van der Waals surface area contributed by atoms with Gasteiger partial charge in [0.1, 0.15) is 0 Å². The van der Waals surface area contributed by atoms with E-state index in [0.717, 1.165) is 18.2 Å². The average molecular weight is 271 g/mol. The fourth-order valence-corrected chi connectivity index (χ4v) is 3.27. The topological polar surface area (TPSA) is 50.4 Å². The Balaban J connectivity index is 1.61. The largest absolute Gasteiger partial charge is 0.370 e. The molecule has 0 aromatic heterocycles. The van der Waals surface area contributed by atoms with Crippen LogP contribution >= 0.6 is 0 Å². The molecule has 0 bridgehead atoms. The Kier molecular flexibility index (Phi) is 3.45. The van der Waals surface area contributed by atoms with Crippen LogP contribution in [0.3, 0.4) is 0 Å². The molecule has 3 heteroatoms. The van der Waals surface area contributed by atoms with Gasteiger partial charge in [-0.25, -0.2) is 0 Å². The van der Waals surface area contributed by atoms with Crippen LogP contribution in [0.25, 0.3) is 0 Å². The van der Waals surface area contributed by atoms with Crippen molar-refractivity contribution in [3.63, 3.8) is 0 Å². The van der Waals surface area contributed by atoms with Gasteiger partial charge in [0.15, 0.2) is 5.96 Å². The predicted octanol–water partition coefficient (Wildman–Crippen LogP) is 3.61. The van der Waals surface area contributed by atoms with Crippen molar-refractivity contribution < 1.29 is 0 Å². The molecular formula is C17H25N3. The second-order valence-electron chi connectivity index (χ2n) is 6.62. The minimum atomic E-state index is 0.496. The van der Waals surface area contributed by atoms with Gasteiger partial charge in [0.2, 0.25) is 0 Å². The zero-order valence-corrected chi connectivity index (χ0v) is 12.6. The normalized spacial score (nSPS) is 21.4. The summed E-state index contributed by atoms with van der Waals surface area (Å²) >= 11 is 0.